The van der Waals surface area contributed by atoms with E-state index in [2.05, 4.69) is 67.5 Å². The fourth-order valence-corrected chi connectivity index (χ4v) is 12.3. The number of amides is 3. The smallest absolute Gasteiger partial charge is 0.220 e. The zero-order chi connectivity index (χ0) is 72.1. The predicted octanol–water partition coefficient (Wildman–Crippen LogP) is 19.5. The van der Waals surface area contributed by atoms with Crippen LogP contribution in [0.3, 0.4) is 0 Å². The molecule has 3 atom stereocenters. The SMILES string of the molecule is CCCCCCCCCCCC(=O)NC(CCCCN)C(=O)CCCCCCC.CCCCCCCCCCCCC(=O)C(CCCN=C(N)N)NC(=O)CCCCCCC.CCCCCCCCCCCCC(=O)C(CCCN=C(N)N)NC(=O)CCCCCCCCCCC. The molecule has 0 aliphatic heterocycles. The summed E-state index contributed by atoms with van der Waals surface area (Å²) in [6.07, 6.45) is 66.8. The van der Waals surface area contributed by atoms with Gasteiger partial charge in [0.1, 0.15) is 0 Å². The maximum Gasteiger partial charge on any atom is 0.220 e. The molecule has 0 aliphatic carbocycles. The number of carbonyl (C=O) groups excluding carboxylic acids is 6. The molecule has 0 aliphatic rings. The molecule has 0 fully saturated rings. The summed E-state index contributed by atoms with van der Waals surface area (Å²) in [6.45, 7) is 15.0. The van der Waals surface area contributed by atoms with Crippen LogP contribution in [0.2, 0.25) is 0 Å². The molecular formula is C81H162N10O6. The summed E-state index contributed by atoms with van der Waals surface area (Å²) in [5, 5.41) is 9.02. The lowest BCUT2D eigenvalue weighted by Gasteiger charge is -2.18. The Morgan fingerprint density at radius 1 is 0.247 bits per heavy atom. The molecule has 572 valence electrons. The Balaban J connectivity index is -0.00000137. The molecule has 16 heteroatoms. The fourth-order valence-electron chi connectivity index (χ4n) is 12.3. The summed E-state index contributed by atoms with van der Waals surface area (Å²) < 4.78 is 0. The van der Waals surface area contributed by atoms with Crippen molar-refractivity contribution in [1.29, 1.82) is 0 Å². The summed E-state index contributed by atoms with van der Waals surface area (Å²) in [5.41, 5.74) is 27.2. The van der Waals surface area contributed by atoms with Crippen molar-refractivity contribution in [2.75, 3.05) is 19.6 Å². The van der Waals surface area contributed by atoms with Crippen molar-refractivity contribution in [1.82, 2.24) is 16.0 Å². The van der Waals surface area contributed by atoms with Crippen LogP contribution in [0, 0.1) is 0 Å². The summed E-state index contributed by atoms with van der Waals surface area (Å²) >= 11 is 0. The second-order valence-electron chi connectivity index (χ2n) is 28.3. The molecular weight excluding hydrogens is 1210 g/mol. The molecule has 16 nitrogen and oxygen atoms in total. The molecule has 0 aromatic rings. The molecule has 0 spiro atoms. The van der Waals surface area contributed by atoms with E-state index in [4.69, 9.17) is 28.7 Å². The number of nitrogens with two attached hydrogens (primary N) is 5. The third kappa shape index (κ3) is 76.0. The summed E-state index contributed by atoms with van der Waals surface area (Å²) in [5.74, 6) is 0.676. The second kappa shape index (κ2) is 79.2. The van der Waals surface area contributed by atoms with E-state index in [9.17, 15) is 28.8 Å². The fraction of sp³-hybridized carbons (Fsp3) is 0.901. The first-order chi connectivity index (χ1) is 47.2. The number of unbranched alkanes of at least 4 members (excludes halogenated alkanes) is 43. The lowest BCUT2D eigenvalue weighted by molar-refractivity contribution is -0.128. The number of hydrogen-bond acceptors (Lipinski definition) is 9. The van der Waals surface area contributed by atoms with Gasteiger partial charge in [-0.15, -0.1) is 0 Å². The Labute approximate surface area is 598 Å². The highest BCUT2D eigenvalue weighted by molar-refractivity contribution is 5.90. The van der Waals surface area contributed by atoms with Gasteiger partial charge in [-0.25, -0.2) is 0 Å². The second-order valence-corrected chi connectivity index (χ2v) is 28.3. The molecule has 0 saturated heterocycles. The first kappa shape index (κ1) is 97.1. The number of rotatable bonds is 72. The largest absolute Gasteiger partial charge is 0.370 e. The summed E-state index contributed by atoms with van der Waals surface area (Å²) in [4.78, 5) is 83.4. The van der Waals surface area contributed by atoms with Crippen LogP contribution >= 0.6 is 0 Å². The average Bonchev–Trinajstić information content (AvgIpc) is 1.62. The maximum atomic E-state index is 12.9. The topological polar surface area (TPSA) is 293 Å². The Bertz CT molecular complexity index is 1830. The van der Waals surface area contributed by atoms with Crippen LogP contribution in [0.4, 0.5) is 0 Å². The van der Waals surface area contributed by atoms with Crippen LogP contribution in [-0.4, -0.2) is 84.8 Å². The molecule has 3 unspecified atom stereocenters. The first-order valence-corrected chi connectivity index (χ1v) is 41.4. The Morgan fingerprint density at radius 3 is 0.629 bits per heavy atom. The number of nitrogens with one attached hydrogen (secondary N) is 3. The van der Waals surface area contributed by atoms with Gasteiger partial charge < -0.3 is 44.6 Å². The van der Waals surface area contributed by atoms with Gasteiger partial charge in [0, 0.05) is 51.6 Å². The monoisotopic (exact) mass is 1370 g/mol. The number of carbonyl (C=O) groups is 6. The van der Waals surface area contributed by atoms with Crippen molar-refractivity contribution < 1.29 is 28.8 Å². The van der Waals surface area contributed by atoms with Crippen LogP contribution in [0.1, 0.15) is 433 Å². The number of guanidine groups is 2. The van der Waals surface area contributed by atoms with Crippen LogP contribution < -0.4 is 44.6 Å². The van der Waals surface area contributed by atoms with E-state index < -0.39 is 12.1 Å². The average molecular weight is 1370 g/mol. The molecule has 3 amide bonds. The van der Waals surface area contributed by atoms with Gasteiger partial charge in [0.25, 0.3) is 0 Å². The predicted molar refractivity (Wildman–Crippen MR) is 417 cm³/mol. The zero-order valence-corrected chi connectivity index (χ0v) is 64.7. The van der Waals surface area contributed by atoms with Crippen molar-refractivity contribution in [3.63, 3.8) is 0 Å². The highest BCUT2D eigenvalue weighted by atomic mass is 16.2. The van der Waals surface area contributed by atoms with Gasteiger partial charge in [0.05, 0.1) is 18.1 Å². The minimum atomic E-state index is -0.413. The molecule has 13 N–H and O–H groups in total. The van der Waals surface area contributed by atoms with Gasteiger partial charge in [0.15, 0.2) is 29.3 Å². The molecule has 97 heavy (non-hydrogen) atoms. The first-order valence-electron chi connectivity index (χ1n) is 41.4. The van der Waals surface area contributed by atoms with Gasteiger partial charge in [0.2, 0.25) is 17.7 Å². The number of nitrogens with zero attached hydrogens (tertiary/aromatic N) is 2. The normalized spacial score (nSPS) is 11.9. The van der Waals surface area contributed by atoms with E-state index in [1.165, 1.54) is 231 Å². The maximum absolute atomic E-state index is 12.9. The van der Waals surface area contributed by atoms with Gasteiger partial charge in [-0.3, -0.25) is 38.8 Å². The van der Waals surface area contributed by atoms with Crippen molar-refractivity contribution in [3.05, 3.63) is 0 Å². The van der Waals surface area contributed by atoms with Crippen LogP contribution in [-0.2, 0) is 28.8 Å². The van der Waals surface area contributed by atoms with Crippen LogP contribution in [0.25, 0.3) is 0 Å². The van der Waals surface area contributed by atoms with E-state index in [1.54, 1.807) is 0 Å². The van der Waals surface area contributed by atoms with Gasteiger partial charge >= 0.3 is 0 Å². The number of hydrogen-bond donors (Lipinski definition) is 8. The van der Waals surface area contributed by atoms with Gasteiger partial charge in [-0.1, -0.05) is 311 Å². The Morgan fingerprint density at radius 2 is 0.433 bits per heavy atom. The van der Waals surface area contributed by atoms with Crippen molar-refractivity contribution in [2.45, 2.75) is 451 Å². The zero-order valence-electron chi connectivity index (χ0n) is 64.7. The molecule has 0 aromatic carbocycles. The third-order valence-electron chi connectivity index (χ3n) is 18.6. The van der Waals surface area contributed by atoms with Gasteiger partial charge in [-0.05, 0) is 90.0 Å². The molecule has 0 saturated carbocycles. The van der Waals surface area contributed by atoms with Crippen molar-refractivity contribution in [2.24, 2.45) is 38.7 Å². The lowest BCUT2D eigenvalue weighted by Crippen LogP contribution is -2.40. The number of aliphatic imine (C=N–C) groups is 2. The third-order valence-corrected chi connectivity index (χ3v) is 18.6. The molecule has 0 heterocycles. The molecule has 0 rings (SSSR count). The quantitative estimate of drug-likeness (QED) is 0.0161. The lowest BCUT2D eigenvalue weighted by atomic mass is 9.99. The van der Waals surface area contributed by atoms with E-state index in [1.807, 2.05) is 0 Å². The highest BCUT2D eigenvalue weighted by Crippen LogP contribution is 2.18. The van der Waals surface area contributed by atoms with E-state index in [-0.39, 0.29) is 53.0 Å². The Hall–Kier alpha value is -4.08. The minimum Gasteiger partial charge on any atom is -0.370 e. The standard InChI is InChI=1S/C30H60N4O2.C26H52N4O2.C25H50N2O2/c1-3-5-7-9-11-13-15-16-18-20-24-28(35)27(23-22-26-33-30(31)32)34-29(36)25-21-19-17-14-12-10-8-6-4-2;1-3-5-7-9-10-11-12-13-15-16-20-24(31)23(19-18-22-29-26(27)28)30-25(32)21-17-14-8-6-4-2;1-3-5-7-9-10-11-12-14-16-21-25(29)27-23(19-17-18-22-26)24(28)20-15-13-8-6-4-2/h27H,3-26H2,1-2H3,(H,34,36)(H4,31,32,33);23H,3-22H2,1-2H3,(H,30,32)(H4,27,28,29);23H,3-22,26H2,1-2H3,(H,27,29). The Kier molecular flexibility index (Phi) is 79.3. The van der Waals surface area contributed by atoms with Crippen LogP contribution in [0.5, 0.6) is 0 Å². The molecule has 0 radical (unpaired) electrons. The van der Waals surface area contributed by atoms with Gasteiger partial charge in [-0.2, -0.15) is 0 Å². The molecule has 0 aromatic heterocycles. The number of Topliss-reactive ketones (excluding diaryl/α,β-unsaturated/α-hetero) is 3. The summed E-state index contributed by atoms with van der Waals surface area (Å²) in [7, 11) is 0. The van der Waals surface area contributed by atoms with Crippen molar-refractivity contribution in [3.8, 4) is 0 Å². The number of ketones is 3. The minimum absolute atomic E-state index is 0.00112. The van der Waals surface area contributed by atoms with E-state index in [0.717, 1.165) is 96.3 Å². The van der Waals surface area contributed by atoms with Crippen molar-refractivity contribution >= 4 is 47.0 Å². The molecule has 0 bridgehead atoms. The van der Waals surface area contributed by atoms with E-state index in [0.29, 0.717) is 83.8 Å². The van der Waals surface area contributed by atoms with Crippen LogP contribution in [0.15, 0.2) is 9.98 Å². The highest BCUT2D eigenvalue weighted by Gasteiger charge is 2.23. The summed E-state index contributed by atoms with van der Waals surface area (Å²) in [6, 6.07) is -1.13. The van der Waals surface area contributed by atoms with E-state index >= 15 is 0 Å².